The number of aryl methyl sites for hydroxylation is 1. The first-order valence-corrected chi connectivity index (χ1v) is 6.30. The van der Waals surface area contributed by atoms with Crippen LogP contribution in [0, 0.1) is 18.8 Å². The molecule has 0 fully saturated rings. The number of nitrogens with two attached hydrogens (primary N) is 1. The van der Waals surface area contributed by atoms with Gasteiger partial charge in [-0.2, -0.15) is 0 Å². The van der Waals surface area contributed by atoms with Gasteiger partial charge in [0.25, 0.3) is 0 Å². The van der Waals surface area contributed by atoms with Gasteiger partial charge >= 0.3 is 5.97 Å². The standard InChI is InChI=1S/C14H19NO4/c1-7(2)12(14(16)17)13(15)9-5-11-10(4-8(9)3)18-6-19-11/h4-5,7,12-13H,6,15H2,1-3H3,(H,16,17). The van der Waals surface area contributed by atoms with Gasteiger partial charge in [0.2, 0.25) is 6.79 Å². The van der Waals surface area contributed by atoms with E-state index >= 15 is 0 Å². The average molecular weight is 265 g/mol. The molecule has 3 N–H and O–H groups in total. The minimum absolute atomic E-state index is 0.0441. The first-order chi connectivity index (χ1) is 8.91. The molecule has 0 saturated carbocycles. The number of aliphatic carboxylic acids is 1. The van der Waals surface area contributed by atoms with Crippen molar-refractivity contribution >= 4 is 5.97 Å². The molecule has 1 aromatic carbocycles. The van der Waals surface area contributed by atoms with Gasteiger partial charge in [-0.3, -0.25) is 4.79 Å². The molecule has 0 aliphatic carbocycles. The molecule has 0 saturated heterocycles. The minimum Gasteiger partial charge on any atom is -0.481 e. The van der Waals surface area contributed by atoms with Gasteiger partial charge in [-0.25, -0.2) is 0 Å². The second-order valence-electron chi connectivity index (χ2n) is 5.20. The Kier molecular flexibility index (Phi) is 3.66. The SMILES string of the molecule is Cc1cc2c(cc1C(N)C(C(=O)O)C(C)C)OCO2. The zero-order valence-electron chi connectivity index (χ0n) is 11.3. The van der Waals surface area contributed by atoms with E-state index in [1.54, 1.807) is 6.07 Å². The summed E-state index contributed by atoms with van der Waals surface area (Å²) in [6, 6.07) is 3.07. The summed E-state index contributed by atoms with van der Waals surface area (Å²) in [5, 5.41) is 9.32. The van der Waals surface area contributed by atoms with Gasteiger partial charge < -0.3 is 20.3 Å². The number of carbonyl (C=O) groups is 1. The van der Waals surface area contributed by atoms with Crippen molar-refractivity contribution in [2.75, 3.05) is 6.79 Å². The van der Waals surface area contributed by atoms with Crippen molar-refractivity contribution in [3.63, 3.8) is 0 Å². The van der Waals surface area contributed by atoms with Gasteiger partial charge in [-0.1, -0.05) is 13.8 Å². The molecule has 5 nitrogen and oxygen atoms in total. The fraction of sp³-hybridized carbons (Fsp3) is 0.500. The Morgan fingerprint density at radius 2 is 1.89 bits per heavy atom. The van der Waals surface area contributed by atoms with Crippen molar-refractivity contribution in [1.82, 2.24) is 0 Å². The topological polar surface area (TPSA) is 81.8 Å². The van der Waals surface area contributed by atoms with Gasteiger partial charge in [-0.05, 0) is 36.1 Å². The number of ether oxygens (including phenoxy) is 2. The van der Waals surface area contributed by atoms with Gasteiger partial charge in [0.15, 0.2) is 11.5 Å². The van der Waals surface area contributed by atoms with E-state index in [-0.39, 0.29) is 12.7 Å². The molecule has 0 radical (unpaired) electrons. The van der Waals surface area contributed by atoms with E-state index in [0.717, 1.165) is 11.1 Å². The van der Waals surface area contributed by atoms with Crippen LogP contribution in [-0.4, -0.2) is 17.9 Å². The molecule has 0 aromatic heterocycles. The Morgan fingerprint density at radius 1 is 1.32 bits per heavy atom. The lowest BCUT2D eigenvalue weighted by Crippen LogP contribution is -2.32. The van der Waals surface area contributed by atoms with E-state index in [1.807, 2.05) is 26.8 Å². The van der Waals surface area contributed by atoms with E-state index in [1.165, 1.54) is 0 Å². The van der Waals surface area contributed by atoms with Crippen LogP contribution in [-0.2, 0) is 4.79 Å². The predicted octanol–water partition coefficient (Wildman–Crippen LogP) is 2.08. The van der Waals surface area contributed by atoms with Gasteiger partial charge in [-0.15, -0.1) is 0 Å². The summed E-state index contributed by atoms with van der Waals surface area (Å²) in [6.07, 6.45) is 0. The van der Waals surface area contributed by atoms with E-state index < -0.39 is 17.9 Å². The summed E-state index contributed by atoms with van der Waals surface area (Å²) in [5.74, 6) is -0.232. The molecule has 1 aliphatic rings. The lowest BCUT2D eigenvalue weighted by molar-refractivity contribution is -0.144. The molecule has 0 bridgehead atoms. The number of fused-ring (bicyclic) bond motifs is 1. The fourth-order valence-corrected chi connectivity index (χ4v) is 2.47. The molecule has 1 heterocycles. The van der Waals surface area contributed by atoms with Crippen LogP contribution in [0.1, 0.15) is 31.0 Å². The maximum Gasteiger partial charge on any atom is 0.308 e. The van der Waals surface area contributed by atoms with E-state index in [9.17, 15) is 9.90 Å². The number of benzene rings is 1. The van der Waals surface area contributed by atoms with E-state index in [2.05, 4.69) is 0 Å². The fourth-order valence-electron chi connectivity index (χ4n) is 2.47. The first-order valence-electron chi connectivity index (χ1n) is 6.30. The van der Waals surface area contributed by atoms with E-state index in [0.29, 0.717) is 11.5 Å². The second-order valence-corrected chi connectivity index (χ2v) is 5.20. The maximum absolute atomic E-state index is 11.4. The van der Waals surface area contributed by atoms with Crippen molar-refractivity contribution in [1.29, 1.82) is 0 Å². The van der Waals surface area contributed by atoms with Gasteiger partial charge in [0.05, 0.1) is 5.92 Å². The van der Waals surface area contributed by atoms with Crippen LogP contribution in [0.5, 0.6) is 11.5 Å². The van der Waals surface area contributed by atoms with E-state index in [4.69, 9.17) is 15.2 Å². The summed E-state index contributed by atoms with van der Waals surface area (Å²) in [5.41, 5.74) is 7.88. The molecule has 19 heavy (non-hydrogen) atoms. The Morgan fingerprint density at radius 3 is 2.42 bits per heavy atom. The number of hydrogen-bond donors (Lipinski definition) is 2. The highest BCUT2D eigenvalue weighted by Gasteiger charge is 2.31. The second kappa shape index (κ2) is 5.09. The third-order valence-corrected chi connectivity index (χ3v) is 3.51. The zero-order valence-corrected chi connectivity index (χ0v) is 11.3. The minimum atomic E-state index is -0.875. The van der Waals surface area contributed by atoms with Crippen LogP contribution < -0.4 is 15.2 Å². The molecule has 2 rings (SSSR count). The van der Waals surface area contributed by atoms with Crippen LogP contribution in [0.2, 0.25) is 0 Å². The quantitative estimate of drug-likeness (QED) is 0.871. The highest BCUT2D eigenvalue weighted by Crippen LogP contribution is 2.38. The molecule has 0 spiro atoms. The highest BCUT2D eigenvalue weighted by atomic mass is 16.7. The van der Waals surface area contributed by atoms with Crippen molar-refractivity contribution in [2.45, 2.75) is 26.8 Å². The normalized spacial score (nSPS) is 16.5. The third kappa shape index (κ3) is 2.51. The Hall–Kier alpha value is -1.75. The Balaban J connectivity index is 2.38. The highest BCUT2D eigenvalue weighted by molar-refractivity contribution is 5.72. The van der Waals surface area contributed by atoms with Crippen molar-refractivity contribution in [3.05, 3.63) is 23.3 Å². The van der Waals surface area contributed by atoms with Crippen LogP contribution in [0.3, 0.4) is 0 Å². The lowest BCUT2D eigenvalue weighted by atomic mass is 9.83. The summed E-state index contributed by atoms with van der Waals surface area (Å²) >= 11 is 0. The summed E-state index contributed by atoms with van der Waals surface area (Å²) in [7, 11) is 0. The lowest BCUT2D eigenvalue weighted by Gasteiger charge is -2.25. The third-order valence-electron chi connectivity index (χ3n) is 3.51. The monoisotopic (exact) mass is 265 g/mol. The van der Waals surface area contributed by atoms with Gasteiger partial charge in [0.1, 0.15) is 0 Å². The number of carboxylic acids is 1. The van der Waals surface area contributed by atoms with Crippen molar-refractivity contribution in [2.24, 2.45) is 17.6 Å². The Labute approximate surface area is 112 Å². The molecule has 5 heteroatoms. The number of carboxylic acid groups (broad SMARTS) is 1. The average Bonchev–Trinajstić information content (AvgIpc) is 2.73. The molecule has 0 amide bonds. The smallest absolute Gasteiger partial charge is 0.308 e. The largest absolute Gasteiger partial charge is 0.481 e. The van der Waals surface area contributed by atoms with Crippen molar-refractivity contribution in [3.8, 4) is 11.5 Å². The number of rotatable bonds is 4. The predicted molar refractivity (Wildman–Crippen MR) is 70.2 cm³/mol. The molecular weight excluding hydrogens is 246 g/mol. The summed E-state index contributed by atoms with van der Waals surface area (Å²) in [4.78, 5) is 11.4. The maximum atomic E-state index is 11.4. The molecule has 104 valence electrons. The van der Waals surface area contributed by atoms with Crippen LogP contribution in [0.15, 0.2) is 12.1 Å². The molecule has 1 aromatic rings. The molecule has 1 aliphatic heterocycles. The molecule has 2 unspecified atom stereocenters. The van der Waals surface area contributed by atoms with Crippen molar-refractivity contribution < 1.29 is 19.4 Å². The Bertz CT molecular complexity index is 498. The van der Waals surface area contributed by atoms with Crippen LogP contribution in [0.4, 0.5) is 0 Å². The van der Waals surface area contributed by atoms with Gasteiger partial charge in [0, 0.05) is 6.04 Å². The van der Waals surface area contributed by atoms with Crippen LogP contribution >= 0.6 is 0 Å². The first kappa shape index (κ1) is 13.7. The number of hydrogen-bond acceptors (Lipinski definition) is 4. The van der Waals surface area contributed by atoms with Crippen LogP contribution in [0.25, 0.3) is 0 Å². The molecule has 2 atom stereocenters. The zero-order chi connectivity index (χ0) is 14.2. The summed E-state index contributed by atoms with van der Waals surface area (Å²) in [6.45, 7) is 5.82. The summed E-state index contributed by atoms with van der Waals surface area (Å²) < 4.78 is 10.6. The molecular formula is C14H19NO4.